The van der Waals surface area contributed by atoms with Crippen LogP contribution in [0.1, 0.15) is 34.0 Å². The monoisotopic (exact) mass is 282 g/mol. The highest BCUT2D eigenvalue weighted by Gasteiger charge is 2.09. The molecule has 2 N–H and O–H groups in total. The minimum Gasteiger partial charge on any atom is -0.381 e. The van der Waals surface area contributed by atoms with Crippen LogP contribution in [0.4, 0.5) is 5.69 Å². The van der Waals surface area contributed by atoms with Gasteiger partial charge in [0, 0.05) is 24.8 Å². The maximum absolute atomic E-state index is 11.8. The van der Waals surface area contributed by atoms with E-state index in [-0.39, 0.29) is 5.91 Å². The quantitative estimate of drug-likeness (QED) is 0.881. The Morgan fingerprint density at radius 1 is 1.05 bits per heavy atom. The summed E-state index contributed by atoms with van der Waals surface area (Å²) >= 11 is 0. The predicted octanol–water partition coefficient (Wildman–Crippen LogP) is 3.53. The average molecular weight is 282 g/mol. The molecule has 3 heteroatoms. The number of anilines is 1. The van der Waals surface area contributed by atoms with Crippen LogP contribution in [0.5, 0.6) is 0 Å². The Morgan fingerprint density at radius 3 is 2.33 bits per heavy atom. The van der Waals surface area contributed by atoms with E-state index in [9.17, 15) is 4.79 Å². The lowest BCUT2D eigenvalue weighted by Crippen LogP contribution is -2.19. The van der Waals surface area contributed by atoms with Crippen molar-refractivity contribution < 1.29 is 4.79 Å². The van der Waals surface area contributed by atoms with Crippen molar-refractivity contribution in [3.05, 3.63) is 64.7 Å². The number of amides is 1. The Morgan fingerprint density at radius 2 is 1.71 bits per heavy atom. The van der Waals surface area contributed by atoms with Gasteiger partial charge in [-0.3, -0.25) is 4.79 Å². The summed E-state index contributed by atoms with van der Waals surface area (Å²) in [6, 6.07) is 14.3. The topological polar surface area (TPSA) is 41.1 Å². The van der Waals surface area contributed by atoms with Gasteiger partial charge in [-0.15, -0.1) is 0 Å². The number of rotatable bonds is 5. The maximum Gasteiger partial charge on any atom is 0.251 e. The Hall–Kier alpha value is -2.29. The first-order valence-corrected chi connectivity index (χ1v) is 7.29. The molecule has 0 heterocycles. The summed E-state index contributed by atoms with van der Waals surface area (Å²) in [6.45, 7) is 4.87. The fraction of sp³-hybridized carbons (Fsp3) is 0.278. The number of aryl methyl sites for hydroxylation is 1. The Labute approximate surface area is 126 Å². The van der Waals surface area contributed by atoms with Gasteiger partial charge in [0.2, 0.25) is 0 Å². The van der Waals surface area contributed by atoms with Gasteiger partial charge >= 0.3 is 0 Å². The Bertz CT molecular complexity index is 618. The smallest absolute Gasteiger partial charge is 0.251 e. The molecule has 0 aliphatic heterocycles. The predicted molar refractivity (Wildman–Crippen MR) is 87.7 cm³/mol. The molecule has 110 valence electrons. The molecule has 0 aliphatic carbocycles. The van der Waals surface area contributed by atoms with Crippen LogP contribution in [0.15, 0.2) is 42.5 Å². The lowest BCUT2D eigenvalue weighted by Gasteiger charge is -2.13. The third-order valence-corrected chi connectivity index (χ3v) is 3.72. The highest BCUT2D eigenvalue weighted by atomic mass is 16.1. The highest BCUT2D eigenvalue weighted by Crippen LogP contribution is 2.20. The van der Waals surface area contributed by atoms with Crippen molar-refractivity contribution in [2.24, 2.45) is 0 Å². The van der Waals surface area contributed by atoms with Crippen LogP contribution < -0.4 is 10.6 Å². The van der Waals surface area contributed by atoms with Crippen LogP contribution >= 0.6 is 0 Å². The number of nitrogens with one attached hydrogen (secondary N) is 2. The molecule has 2 aromatic carbocycles. The van der Waals surface area contributed by atoms with Gasteiger partial charge in [0.1, 0.15) is 0 Å². The van der Waals surface area contributed by atoms with E-state index in [4.69, 9.17) is 0 Å². The third kappa shape index (κ3) is 3.63. The molecule has 2 aromatic rings. The molecule has 0 atom stereocenters. The molecule has 21 heavy (non-hydrogen) atoms. The number of benzene rings is 2. The van der Waals surface area contributed by atoms with Crippen molar-refractivity contribution in [3.63, 3.8) is 0 Å². The molecular weight excluding hydrogens is 260 g/mol. The van der Waals surface area contributed by atoms with E-state index in [1.165, 1.54) is 11.1 Å². The van der Waals surface area contributed by atoms with Gasteiger partial charge < -0.3 is 10.6 Å². The molecule has 0 aromatic heterocycles. The molecule has 0 saturated carbocycles. The van der Waals surface area contributed by atoms with Crippen LogP contribution in [0.3, 0.4) is 0 Å². The first kappa shape index (κ1) is 15.1. The molecule has 0 fully saturated rings. The van der Waals surface area contributed by atoms with Crippen LogP contribution in [0.2, 0.25) is 0 Å². The van der Waals surface area contributed by atoms with Crippen molar-refractivity contribution in [3.8, 4) is 0 Å². The standard InChI is InChI=1S/C18H22N2O/c1-4-14-8-10-15(11-9-14)12-20-17-7-5-6-16(13(17)2)18(21)19-3/h5-11,20H,4,12H2,1-3H3,(H,19,21). The number of carbonyl (C=O) groups is 1. The Balaban J connectivity index is 2.10. The largest absolute Gasteiger partial charge is 0.381 e. The zero-order chi connectivity index (χ0) is 15.2. The van der Waals surface area contributed by atoms with E-state index in [1.54, 1.807) is 7.05 Å². The molecule has 1 amide bonds. The number of hydrogen-bond donors (Lipinski definition) is 2. The van der Waals surface area contributed by atoms with Gasteiger partial charge in [0.05, 0.1) is 0 Å². The zero-order valence-corrected chi connectivity index (χ0v) is 12.9. The minimum atomic E-state index is -0.0524. The van der Waals surface area contributed by atoms with E-state index in [2.05, 4.69) is 41.8 Å². The molecule has 0 saturated heterocycles. The van der Waals surface area contributed by atoms with Crippen molar-refractivity contribution >= 4 is 11.6 Å². The van der Waals surface area contributed by atoms with Gasteiger partial charge in [-0.2, -0.15) is 0 Å². The lowest BCUT2D eigenvalue weighted by atomic mass is 10.1. The van der Waals surface area contributed by atoms with Crippen LogP contribution in [0.25, 0.3) is 0 Å². The summed E-state index contributed by atoms with van der Waals surface area (Å²) in [5.41, 5.74) is 5.26. The van der Waals surface area contributed by atoms with Gasteiger partial charge in [-0.25, -0.2) is 0 Å². The van der Waals surface area contributed by atoms with E-state index in [1.807, 2.05) is 25.1 Å². The zero-order valence-electron chi connectivity index (χ0n) is 12.9. The first-order valence-electron chi connectivity index (χ1n) is 7.29. The molecular formula is C18H22N2O. The second kappa shape index (κ2) is 6.93. The van der Waals surface area contributed by atoms with Crippen LogP contribution in [0, 0.1) is 6.92 Å². The maximum atomic E-state index is 11.8. The van der Waals surface area contributed by atoms with Gasteiger partial charge in [-0.1, -0.05) is 37.3 Å². The molecule has 2 rings (SSSR count). The molecule has 0 unspecified atom stereocenters. The summed E-state index contributed by atoms with van der Waals surface area (Å²) in [7, 11) is 1.65. The normalized spacial score (nSPS) is 10.2. The number of hydrogen-bond acceptors (Lipinski definition) is 2. The fourth-order valence-electron chi connectivity index (χ4n) is 2.30. The fourth-order valence-corrected chi connectivity index (χ4v) is 2.30. The van der Waals surface area contributed by atoms with E-state index in [0.29, 0.717) is 5.56 Å². The molecule has 0 bridgehead atoms. The molecule has 0 spiro atoms. The van der Waals surface area contributed by atoms with Crippen molar-refractivity contribution in [1.82, 2.24) is 5.32 Å². The van der Waals surface area contributed by atoms with Gasteiger partial charge in [-0.05, 0) is 42.2 Å². The van der Waals surface area contributed by atoms with Crippen LogP contribution in [-0.2, 0) is 13.0 Å². The van der Waals surface area contributed by atoms with Gasteiger partial charge in [0.25, 0.3) is 5.91 Å². The van der Waals surface area contributed by atoms with E-state index >= 15 is 0 Å². The molecule has 3 nitrogen and oxygen atoms in total. The summed E-state index contributed by atoms with van der Waals surface area (Å²) in [5.74, 6) is -0.0524. The molecule has 0 aliphatic rings. The molecule has 0 radical (unpaired) electrons. The summed E-state index contributed by atoms with van der Waals surface area (Å²) in [4.78, 5) is 11.8. The SMILES string of the molecule is CCc1ccc(CNc2cccc(C(=O)NC)c2C)cc1. The summed E-state index contributed by atoms with van der Waals surface area (Å²) in [5, 5.41) is 6.08. The second-order valence-electron chi connectivity index (χ2n) is 5.08. The number of carbonyl (C=O) groups excluding carboxylic acids is 1. The summed E-state index contributed by atoms with van der Waals surface area (Å²) < 4.78 is 0. The second-order valence-corrected chi connectivity index (χ2v) is 5.08. The van der Waals surface area contributed by atoms with E-state index < -0.39 is 0 Å². The van der Waals surface area contributed by atoms with Crippen molar-refractivity contribution in [2.45, 2.75) is 26.8 Å². The lowest BCUT2D eigenvalue weighted by molar-refractivity contribution is 0.0962. The first-order chi connectivity index (χ1) is 10.2. The van der Waals surface area contributed by atoms with Crippen molar-refractivity contribution in [1.29, 1.82) is 0 Å². The summed E-state index contributed by atoms with van der Waals surface area (Å²) in [6.07, 6.45) is 1.06. The van der Waals surface area contributed by atoms with E-state index in [0.717, 1.165) is 24.2 Å². The van der Waals surface area contributed by atoms with Crippen LogP contribution in [-0.4, -0.2) is 13.0 Å². The Kier molecular flexibility index (Phi) is 4.99. The minimum absolute atomic E-state index is 0.0524. The average Bonchev–Trinajstić information content (AvgIpc) is 2.53. The third-order valence-electron chi connectivity index (χ3n) is 3.72. The van der Waals surface area contributed by atoms with Crippen molar-refractivity contribution in [2.75, 3.05) is 12.4 Å². The van der Waals surface area contributed by atoms with Gasteiger partial charge in [0.15, 0.2) is 0 Å². The highest BCUT2D eigenvalue weighted by molar-refractivity contribution is 5.96.